The smallest absolute Gasteiger partial charge is 0.248 e. The number of thiophene rings is 1. The van der Waals surface area contributed by atoms with Crippen LogP contribution >= 0.6 is 34.7 Å². The number of aromatic nitrogens is 2. The van der Waals surface area contributed by atoms with Crippen LogP contribution in [0.3, 0.4) is 0 Å². The number of rotatable bonds is 7. The van der Waals surface area contributed by atoms with Gasteiger partial charge in [0.05, 0.1) is 26.4 Å². The van der Waals surface area contributed by atoms with E-state index in [1.165, 1.54) is 36.5 Å². The third-order valence-electron chi connectivity index (χ3n) is 5.22. The van der Waals surface area contributed by atoms with Crippen LogP contribution in [-0.2, 0) is 20.9 Å². The summed E-state index contributed by atoms with van der Waals surface area (Å²) >= 11 is 8.82. The van der Waals surface area contributed by atoms with Gasteiger partial charge in [0.2, 0.25) is 11.8 Å². The maximum absolute atomic E-state index is 13.2. The number of ether oxygens (including phenoxy) is 1. The lowest BCUT2D eigenvalue weighted by atomic mass is 10.1. The molecule has 2 N–H and O–H groups in total. The van der Waals surface area contributed by atoms with Crippen LogP contribution in [-0.4, -0.2) is 70.2 Å². The number of nitrogens with zero attached hydrogens (tertiary/aromatic N) is 4. The van der Waals surface area contributed by atoms with Crippen LogP contribution in [0.4, 0.5) is 5.82 Å². The molecule has 2 aromatic heterocycles. The van der Waals surface area contributed by atoms with Crippen molar-refractivity contribution in [1.82, 2.24) is 19.8 Å². The molecule has 4 rings (SSSR count). The number of halogens is 1. The molecule has 1 atom stereocenters. The first-order valence-corrected chi connectivity index (χ1v) is 12.1. The Bertz CT molecular complexity index is 1140. The van der Waals surface area contributed by atoms with Crippen molar-refractivity contribution in [2.24, 2.45) is 0 Å². The molecular formula is C21H22ClN5O3S2. The molecule has 0 saturated carbocycles. The first-order valence-electron chi connectivity index (χ1n) is 9.90. The summed E-state index contributed by atoms with van der Waals surface area (Å²) in [4.78, 5) is 37.7. The average Bonchev–Trinajstić information content (AvgIpc) is 3.20. The lowest BCUT2D eigenvalue weighted by Crippen LogP contribution is -2.60. The predicted octanol–water partition coefficient (Wildman–Crippen LogP) is 2.91. The third kappa shape index (κ3) is 4.98. The second-order valence-corrected chi connectivity index (χ2v) is 10.3. The number of methoxy groups -OCH3 is 1. The van der Waals surface area contributed by atoms with Gasteiger partial charge in [-0.05, 0) is 29.8 Å². The van der Waals surface area contributed by atoms with Gasteiger partial charge in [-0.25, -0.2) is 9.97 Å². The van der Waals surface area contributed by atoms with Crippen molar-refractivity contribution < 1.29 is 14.3 Å². The van der Waals surface area contributed by atoms with Crippen molar-refractivity contribution in [2.45, 2.75) is 16.8 Å². The summed E-state index contributed by atoms with van der Waals surface area (Å²) in [5, 5.41) is 0.778. The molecule has 0 aliphatic carbocycles. The second kappa shape index (κ2) is 10.0. The molecule has 3 heterocycles. The summed E-state index contributed by atoms with van der Waals surface area (Å²) < 4.78 is 6.93. The molecule has 168 valence electrons. The fraction of sp³-hybridized carbons (Fsp3) is 0.333. The Morgan fingerprint density at radius 2 is 2.16 bits per heavy atom. The highest BCUT2D eigenvalue weighted by Gasteiger charge is 2.37. The molecule has 0 radical (unpaired) electrons. The minimum Gasteiger partial charge on any atom is -0.383 e. The molecule has 1 aromatic carbocycles. The summed E-state index contributed by atoms with van der Waals surface area (Å²) in [6, 6.07) is 8.75. The van der Waals surface area contributed by atoms with Gasteiger partial charge in [-0.3, -0.25) is 9.59 Å². The quantitative estimate of drug-likeness (QED) is 0.507. The maximum atomic E-state index is 13.2. The van der Waals surface area contributed by atoms with Crippen LogP contribution in [0.5, 0.6) is 0 Å². The normalized spacial score (nSPS) is 16.7. The Balaban J connectivity index is 1.44. The number of nitrogens with two attached hydrogens (primary N) is 1. The topological polar surface area (TPSA) is 102 Å². The van der Waals surface area contributed by atoms with E-state index in [1.54, 1.807) is 9.80 Å². The molecule has 1 aliphatic rings. The Kier molecular flexibility index (Phi) is 7.14. The highest BCUT2D eigenvalue weighted by molar-refractivity contribution is 8.01. The van der Waals surface area contributed by atoms with Crippen molar-refractivity contribution in [3.05, 3.63) is 46.6 Å². The zero-order valence-corrected chi connectivity index (χ0v) is 19.8. The number of anilines is 1. The van der Waals surface area contributed by atoms with E-state index in [-0.39, 0.29) is 24.2 Å². The van der Waals surface area contributed by atoms with E-state index in [1.807, 2.05) is 30.3 Å². The Labute approximate surface area is 198 Å². The number of carbonyl (C=O) groups is 2. The summed E-state index contributed by atoms with van der Waals surface area (Å²) in [6.07, 6.45) is 1.42. The van der Waals surface area contributed by atoms with Crippen LogP contribution in [0.15, 0.2) is 40.9 Å². The van der Waals surface area contributed by atoms with Crippen LogP contribution in [0, 0.1) is 0 Å². The standard InChI is InChI=1S/C21H22ClN5O3S2/c1-30-10-16-21(29)26(9-13-2-3-14-15(8-13)24-12-25-20(14)23)6-7-27(16)18(28)11-31-19-5-4-17(22)32-19/h2-5,8,12,16H,6-7,9-11H2,1H3,(H2,23,24,25). The number of piperazine rings is 1. The number of benzene rings is 1. The van der Waals surface area contributed by atoms with Gasteiger partial charge in [0.1, 0.15) is 18.2 Å². The van der Waals surface area contributed by atoms with Crippen LogP contribution < -0.4 is 5.73 Å². The number of fused-ring (bicyclic) bond motifs is 1. The highest BCUT2D eigenvalue weighted by atomic mass is 35.5. The number of amides is 2. The van der Waals surface area contributed by atoms with E-state index >= 15 is 0 Å². The molecule has 0 bridgehead atoms. The van der Waals surface area contributed by atoms with Gasteiger partial charge in [-0.1, -0.05) is 17.7 Å². The van der Waals surface area contributed by atoms with E-state index in [4.69, 9.17) is 22.1 Å². The highest BCUT2D eigenvalue weighted by Crippen LogP contribution is 2.30. The van der Waals surface area contributed by atoms with E-state index in [9.17, 15) is 9.59 Å². The first kappa shape index (κ1) is 22.8. The van der Waals surface area contributed by atoms with E-state index in [2.05, 4.69) is 9.97 Å². The Morgan fingerprint density at radius 1 is 1.31 bits per heavy atom. The van der Waals surface area contributed by atoms with E-state index in [0.717, 1.165) is 20.7 Å². The molecule has 1 fully saturated rings. The van der Waals surface area contributed by atoms with E-state index < -0.39 is 6.04 Å². The Hall–Kier alpha value is -2.40. The molecule has 8 nitrogen and oxygen atoms in total. The van der Waals surface area contributed by atoms with Crippen LogP contribution in [0.25, 0.3) is 10.9 Å². The number of hydrogen-bond acceptors (Lipinski definition) is 8. The fourth-order valence-corrected chi connectivity index (χ4v) is 5.84. The summed E-state index contributed by atoms with van der Waals surface area (Å²) in [5.74, 6) is 0.453. The maximum Gasteiger partial charge on any atom is 0.248 e. The molecule has 2 amide bonds. The molecule has 0 spiro atoms. The second-order valence-electron chi connectivity index (χ2n) is 7.28. The van der Waals surface area contributed by atoms with Crippen LogP contribution in [0.1, 0.15) is 5.56 Å². The zero-order valence-electron chi connectivity index (χ0n) is 17.4. The van der Waals surface area contributed by atoms with Crippen molar-refractivity contribution >= 4 is 63.2 Å². The van der Waals surface area contributed by atoms with E-state index in [0.29, 0.717) is 29.8 Å². The Morgan fingerprint density at radius 3 is 2.91 bits per heavy atom. The molecule has 1 unspecified atom stereocenters. The van der Waals surface area contributed by atoms with Gasteiger partial charge < -0.3 is 20.3 Å². The van der Waals surface area contributed by atoms with Crippen molar-refractivity contribution in [3.63, 3.8) is 0 Å². The minimum absolute atomic E-state index is 0.0903. The monoisotopic (exact) mass is 491 g/mol. The van der Waals surface area contributed by atoms with Gasteiger partial charge in [-0.15, -0.1) is 23.1 Å². The summed E-state index contributed by atoms with van der Waals surface area (Å²) in [7, 11) is 1.53. The largest absolute Gasteiger partial charge is 0.383 e. The molecule has 1 saturated heterocycles. The number of hydrogen-bond donors (Lipinski definition) is 1. The lowest BCUT2D eigenvalue weighted by Gasteiger charge is -2.40. The van der Waals surface area contributed by atoms with Gasteiger partial charge in [0.25, 0.3) is 0 Å². The molecule has 1 aliphatic heterocycles. The predicted molar refractivity (Wildman–Crippen MR) is 127 cm³/mol. The van der Waals surface area contributed by atoms with Gasteiger partial charge in [0, 0.05) is 32.1 Å². The van der Waals surface area contributed by atoms with Crippen LogP contribution in [0.2, 0.25) is 4.34 Å². The molecule has 32 heavy (non-hydrogen) atoms. The number of nitrogen functional groups attached to an aromatic ring is 1. The lowest BCUT2D eigenvalue weighted by molar-refractivity contribution is -0.153. The van der Waals surface area contributed by atoms with Gasteiger partial charge >= 0.3 is 0 Å². The SMILES string of the molecule is COCC1C(=O)N(Cc2ccc3c(N)ncnc3c2)CCN1C(=O)CSc1ccc(Cl)s1. The minimum atomic E-state index is -0.646. The first-order chi connectivity index (χ1) is 15.5. The fourth-order valence-electron chi connectivity index (χ4n) is 3.65. The third-order valence-corrected chi connectivity index (χ3v) is 7.66. The summed E-state index contributed by atoms with van der Waals surface area (Å²) in [5.41, 5.74) is 7.56. The molecular weight excluding hydrogens is 470 g/mol. The molecule has 3 aromatic rings. The van der Waals surface area contributed by atoms with Gasteiger partial charge in [-0.2, -0.15) is 0 Å². The molecule has 11 heteroatoms. The van der Waals surface area contributed by atoms with Gasteiger partial charge in [0.15, 0.2) is 0 Å². The number of carbonyl (C=O) groups excluding carboxylic acids is 2. The van der Waals surface area contributed by atoms with Crippen molar-refractivity contribution in [2.75, 3.05) is 38.3 Å². The van der Waals surface area contributed by atoms with Crippen molar-refractivity contribution in [1.29, 1.82) is 0 Å². The van der Waals surface area contributed by atoms with Crippen molar-refractivity contribution in [3.8, 4) is 0 Å². The zero-order chi connectivity index (χ0) is 22.7. The summed E-state index contributed by atoms with van der Waals surface area (Å²) in [6.45, 7) is 1.47. The number of thioether (sulfide) groups is 1. The average molecular weight is 492 g/mol.